The van der Waals surface area contributed by atoms with Crippen LogP contribution in [0.15, 0.2) is 77.7 Å². The van der Waals surface area contributed by atoms with Crippen molar-refractivity contribution >= 4 is 27.5 Å². The van der Waals surface area contributed by atoms with Crippen LogP contribution >= 0.6 is 0 Å². The van der Waals surface area contributed by atoms with E-state index in [4.69, 9.17) is 0 Å². The Hall–Kier alpha value is -3.65. The molecule has 0 fully saturated rings. The van der Waals surface area contributed by atoms with Crippen molar-refractivity contribution in [3.8, 4) is 0 Å². The van der Waals surface area contributed by atoms with Crippen molar-refractivity contribution in [1.29, 1.82) is 0 Å². The fourth-order valence-electron chi connectivity index (χ4n) is 4.17. The van der Waals surface area contributed by atoms with Crippen LogP contribution < -0.4 is 9.62 Å². The van der Waals surface area contributed by atoms with E-state index in [0.717, 1.165) is 28.7 Å². The summed E-state index contributed by atoms with van der Waals surface area (Å²) >= 11 is 0. The van der Waals surface area contributed by atoms with Gasteiger partial charge in [-0.05, 0) is 75.9 Å². The monoisotopic (exact) mass is 549 g/mol. The largest absolute Gasteiger partial charge is 0.352 e. The summed E-state index contributed by atoms with van der Waals surface area (Å²) in [5.41, 5.74) is 3.79. The van der Waals surface area contributed by atoms with Gasteiger partial charge in [-0.15, -0.1) is 0 Å². The second-order valence-corrected chi connectivity index (χ2v) is 12.0. The number of benzene rings is 3. The molecule has 0 heterocycles. The van der Waals surface area contributed by atoms with Gasteiger partial charge in [0.05, 0.1) is 10.6 Å². The molecule has 0 aliphatic carbocycles. The van der Waals surface area contributed by atoms with Crippen molar-refractivity contribution in [3.63, 3.8) is 0 Å². The summed E-state index contributed by atoms with van der Waals surface area (Å²) in [6, 6.07) is 20.6. The van der Waals surface area contributed by atoms with Gasteiger partial charge < -0.3 is 10.2 Å². The minimum atomic E-state index is -4.10. The smallest absolute Gasteiger partial charge is 0.264 e. The predicted octanol–water partition coefficient (Wildman–Crippen LogP) is 5.14. The average Bonchev–Trinajstić information content (AvgIpc) is 2.91. The van der Waals surface area contributed by atoms with E-state index in [1.165, 1.54) is 9.21 Å². The number of carbonyl (C=O) groups is 2. The maximum atomic E-state index is 14.0. The van der Waals surface area contributed by atoms with Crippen LogP contribution in [-0.4, -0.2) is 43.8 Å². The first-order chi connectivity index (χ1) is 18.4. The van der Waals surface area contributed by atoms with E-state index in [0.29, 0.717) is 5.69 Å². The van der Waals surface area contributed by atoms with Crippen molar-refractivity contribution in [2.24, 2.45) is 0 Å². The number of sulfonamides is 1. The first-order valence-corrected chi connectivity index (χ1v) is 14.7. The lowest BCUT2D eigenvalue weighted by Gasteiger charge is -2.33. The number of rotatable bonds is 11. The first kappa shape index (κ1) is 29.9. The minimum absolute atomic E-state index is 0.0537. The molecule has 0 saturated carbocycles. The maximum Gasteiger partial charge on any atom is 0.264 e. The summed E-state index contributed by atoms with van der Waals surface area (Å²) in [6.07, 6.45) is 0.750. The van der Waals surface area contributed by atoms with E-state index >= 15 is 0 Å². The number of hydrogen-bond donors (Lipinski definition) is 1. The van der Waals surface area contributed by atoms with Crippen molar-refractivity contribution in [2.75, 3.05) is 10.8 Å². The molecule has 7 nitrogen and oxygen atoms in total. The van der Waals surface area contributed by atoms with Crippen LogP contribution in [0, 0.1) is 20.8 Å². The van der Waals surface area contributed by atoms with Gasteiger partial charge in [0.1, 0.15) is 12.6 Å². The fraction of sp³-hybridized carbons (Fsp3) is 0.355. The summed E-state index contributed by atoms with van der Waals surface area (Å²) in [6.45, 7) is 10.9. The third-order valence-corrected chi connectivity index (χ3v) is 8.66. The quantitative estimate of drug-likeness (QED) is 0.359. The zero-order valence-corrected chi connectivity index (χ0v) is 24.5. The molecule has 1 N–H and O–H groups in total. The lowest BCUT2D eigenvalue weighted by Crippen LogP contribution is -2.52. The molecule has 2 atom stereocenters. The normalized spacial score (nSPS) is 12.9. The zero-order valence-electron chi connectivity index (χ0n) is 23.6. The molecule has 0 bridgehead atoms. The molecule has 0 aliphatic heterocycles. The van der Waals surface area contributed by atoms with Crippen molar-refractivity contribution < 1.29 is 18.0 Å². The molecule has 0 radical (unpaired) electrons. The Labute approximate surface area is 232 Å². The van der Waals surface area contributed by atoms with Crippen molar-refractivity contribution in [2.45, 2.75) is 71.5 Å². The van der Waals surface area contributed by atoms with E-state index in [9.17, 15) is 18.0 Å². The number of aryl methyl sites for hydroxylation is 3. The molecule has 208 valence electrons. The van der Waals surface area contributed by atoms with E-state index in [2.05, 4.69) is 5.32 Å². The van der Waals surface area contributed by atoms with Crippen LogP contribution in [0.4, 0.5) is 5.69 Å². The lowest BCUT2D eigenvalue weighted by atomic mass is 10.1. The molecule has 0 aromatic heterocycles. The SMILES string of the molecule is CC[C@@H](C)NC(=O)[C@H](C)N(Cc1ccccc1)C(=O)CN(c1cc(C)ccc1C)S(=O)(=O)c1ccc(C)cc1. The number of carbonyl (C=O) groups excluding carboxylic acids is 2. The minimum Gasteiger partial charge on any atom is -0.352 e. The van der Waals surface area contributed by atoms with E-state index in [-0.39, 0.29) is 23.4 Å². The van der Waals surface area contributed by atoms with Crippen molar-refractivity contribution in [3.05, 3.63) is 95.1 Å². The molecular weight excluding hydrogens is 510 g/mol. The molecule has 39 heavy (non-hydrogen) atoms. The third kappa shape index (κ3) is 7.47. The number of amides is 2. The average molecular weight is 550 g/mol. The van der Waals surface area contributed by atoms with Gasteiger partial charge >= 0.3 is 0 Å². The molecule has 8 heteroatoms. The van der Waals surface area contributed by atoms with Gasteiger partial charge in [0.25, 0.3) is 10.0 Å². The van der Waals surface area contributed by atoms with Crippen molar-refractivity contribution in [1.82, 2.24) is 10.2 Å². The highest BCUT2D eigenvalue weighted by atomic mass is 32.2. The number of anilines is 1. The molecular formula is C31H39N3O4S. The Kier molecular flexibility index (Phi) is 9.92. The summed E-state index contributed by atoms with van der Waals surface area (Å²) in [7, 11) is -4.10. The van der Waals surface area contributed by atoms with Crippen LogP contribution in [0.2, 0.25) is 0 Å². The van der Waals surface area contributed by atoms with Gasteiger partial charge in [-0.1, -0.05) is 67.1 Å². The second-order valence-electron chi connectivity index (χ2n) is 10.1. The van der Waals surface area contributed by atoms with Crippen LogP contribution in [0.25, 0.3) is 0 Å². The van der Waals surface area contributed by atoms with Gasteiger partial charge in [-0.2, -0.15) is 0 Å². The van der Waals surface area contributed by atoms with Gasteiger partial charge in [0.15, 0.2) is 0 Å². The third-order valence-electron chi connectivity index (χ3n) is 6.89. The Bertz CT molecular complexity index is 1390. The van der Waals surface area contributed by atoms with Gasteiger partial charge in [0, 0.05) is 12.6 Å². The molecule has 0 aliphatic rings. The maximum absolute atomic E-state index is 14.0. The van der Waals surface area contributed by atoms with E-state index < -0.39 is 28.5 Å². The lowest BCUT2D eigenvalue weighted by molar-refractivity contribution is -0.139. The summed E-state index contributed by atoms with van der Waals surface area (Å²) in [5.74, 6) is -0.754. The van der Waals surface area contributed by atoms with Crippen LogP contribution in [0.3, 0.4) is 0 Å². The number of nitrogens with one attached hydrogen (secondary N) is 1. The summed E-state index contributed by atoms with van der Waals surface area (Å²) in [4.78, 5) is 28.7. The molecule has 3 aromatic rings. The van der Waals surface area contributed by atoms with Gasteiger partial charge in [0.2, 0.25) is 11.8 Å². The standard InChI is InChI=1S/C31H39N3O4S/c1-7-25(5)32-31(36)26(6)33(20-27-11-9-8-10-12-27)30(35)21-34(29-19-23(3)13-16-24(29)4)39(37,38)28-17-14-22(2)15-18-28/h8-19,25-26H,7,20-21H2,1-6H3,(H,32,36)/t25-,26+/m1/s1. The Morgan fingerprint density at radius 3 is 2.10 bits per heavy atom. The molecule has 0 saturated heterocycles. The van der Waals surface area contributed by atoms with Crippen LogP contribution in [0.5, 0.6) is 0 Å². The predicted molar refractivity (Wildman–Crippen MR) is 156 cm³/mol. The summed E-state index contributed by atoms with van der Waals surface area (Å²) < 4.78 is 29.1. The molecule has 0 unspecified atom stereocenters. The topological polar surface area (TPSA) is 86.8 Å². The highest BCUT2D eigenvalue weighted by Gasteiger charge is 2.33. The highest BCUT2D eigenvalue weighted by Crippen LogP contribution is 2.28. The molecule has 3 aromatic carbocycles. The molecule has 0 spiro atoms. The second kappa shape index (κ2) is 12.9. The Balaban J connectivity index is 2.05. The van der Waals surface area contributed by atoms with Gasteiger partial charge in [-0.3, -0.25) is 13.9 Å². The fourth-order valence-corrected chi connectivity index (χ4v) is 5.64. The van der Waals surface area contributed by atoms with E-state index in [1.54, 1.807) is 37.3 Å². The molecule has 2 amide bonds. The van der Waals surface area contributed by atoms with Crippen LogP contribution in [-0.2, 0) is 26.2 Å². The number of nitrogens with zero attached hydrogens (tertiary/aromatic N) is 2. The number of hydrogen-bond acceptors (Lipinski definition) is 4. The summed E-state index contributed by atoms with van der Waals surface area (Å²) in [5, 5.41) is 2.95. The Morgan fingerprint density at radius 1 is 0.872 bits per heavy atom. The first-order valence-electron chi connectivity index (χ1n) is 13.2. The van der Waals surface area contributed by atoms with E-state index in [1.807, 2.05) is 77.1 Å². The Morgan fingerprint density at radius 2 is 1.49 bits per heavy atom. The molecule has 3 rings (SSSR count). The zero-order chi connectivity index (χ0) is 28.7. The highest BCUT2D eigenvalue weighted by molar-refractivity contribution is 7.92. The van der Waals surface area contributed by atoms with Crippen LogP contribution in [0.1, 0.15) is 49.4 Å². The van der Waals surface area contributed by atoms with Gasteiger partial charge in [-0.25, -0.2) is 8.42 Å².